The number of ether oxygens (including phenoxy) is 1. The van der Waals surface area contributed by atoms with E-state index in [9.17, 15) is 19.2 Å². The summed E-state index contributed by atoms with van der Waals surface area (Å²) in [5.74, 6) is -1.40. The van der Waals surface area contributed by atoms with Crippen molar-refractivity contribution in [2.24, 2.45) is 5.73 Å². The molecular formula is C36H45N5O6. The molecule has 11 heteroatoms. The van der Waals surface area contributed by atoms with E-state index >= 15 is 0 Å². The SMILES string of the molecule is CCCCN.CCc1ccccc1.O=C(NCC(=O)N1CCCC1C(=O)NCC(=O)c1nc2ccccc2o1)OCc1ccccc1. The highest BCUT2D eigenvalue weighted by Gasteiger charge is 2.34. The van der Waals surface area contributed by atoms with Gasteiger partial charge in [-0.05, 0) is 55.5 Å². The number of carbonyl (C=O) groups is 4. The molecule has 1 atom stereocenters. The highest BCUT2D eigenvalue weighted by atomic mass is 16.5. The summed E-state index contributed by atoms with van der Waals surface area (Å²) in [7, 11) is 0. The first kappa shape index (κ1) is 36.4. The number of nitrogens with one attached hydrogen (secondary N) is 2. The van der Waals surface area contributed by atoms with Crippen LogP contribution in [0.5, 0.6) is 0 Å². The van der Waals surface area contributed by atoms with Gasteiger partial charge in [-0.15, -0.1) is 0 Å². The van der Waals surface area contributed by atoms with Gasteiger partial charge in [0.2, 0.25) is 17.6 Å². The Hall–Kier alpha value is -5.03. The van der Waals surface area contributed by atoms with E-state index in [-0.39, 0.29) is 25.6 Å². The highest BCUT2D eigenvalue weighted by Crippen LogP contribution is 2.18. The molecule has 2 heterocycles. The van der Waals surface area contributed by atoms with Crippen LogP contribution >= 0.6 is 0 Å². The number of fused-ring (bicyclic) bond motifs is 1. The molecule has 1 aliphatic heterocycles. The Bertz CT molecular complexity index is 1510. The number of nitrogens with two attached hydrogens (primary N) is 1. The second-order valence-electron chi connectivity index (χ2n) is 10.8. The molecule has 0 bridgehead atoms. The van der Waals surface area contributed by atoms with Gasteiger partial charge >= 0.3 is 6.09 Å². The number of unbranched alkanes of at least 4 members (excludes halogenated alkanes) is 1. The number of aryl methyl sites for hydroxylation is 1. The number of ketones is 1. The second-order valence-corrected chi connectivity index (χ2v) is 10.8. The fourth-order valence-corrected chi connectivity index (χ4v) is 4.63. The standard InChI is InChI=1S/C24H24N4O6.C8H10.C4H11N/c29-19(23-27-17-9-4-5-11-20(17)34-23)13-25-22(31)18-10-6-12-28(18)21(30)14-26-24(32)33-15-16-7-2-1-3-8-16;1-2-8-6-4-3-5-7-8;1-2-3-4-5/h1-5,7-9,11,18H,6,10,12-15H2,(H,25,31)(H,26,32);3-7H,2H2,1H3;2-5H2,1H3. The van der Waals surface area contributed by atoms with Crippen LogP contribution in [0.3, 0.4) is 0 Å². The van der Waals surface area contributed by atoms with Gasteiger partial charge in [0, 0.05) is 6.54 Å². The number of oxazole rings is 1. The molecule has 1 fully saturated rings. The van der Waals surface area contributed by atoms with Gasteiger partial charge < -0.3 is 30.4 Å². The minimum atomic E-state index is -0.721. The van der Waals surface area contributed by atoms with Gasteiger partial charge in [-0.2, -0.15) is 0 Å². The third-order valence-corrected chi connectivity index (χ3v) is 7.24. The third-order valence-electron chi connectivity index (χ3n) is 7.24. The van der Waals surface area contributed by atoms with Crippen LogP contribution in [0, 0.1) is 0 Å². The lowest BCUT2D eigenvalue weighted by atomic mass is 10.2. The van der Waals surface area contributed by atoms with Crippen molar-refractivity contribution >= 4 is 34.8 Å². The summed E-state index contributed by atoms with van der Waals surface area (Å²) in [5.41, 5.74) is 8.42. The number of hydrogen-bond donors (Lipinski definition) is 3. The monoisotopic (exact) mass is 643 g/mol. The van der Waals surface area contributed by atoms with Crippen LogP contribution in [-0.4, -0.2) is 65.8 Å². The molecule has 11 nitrogen and oxygen atoms in total. The summed E-state index contributed by atoms with van der Waals surface area (Å²) in [6.07, 6.45) is 3.91. The number of likely N-dealkylation sites (tertiary alicyclic amines) is 1. The van der Waals surface area contributed by atoms with Gasteiger partial charge in [0.15, 0.2) is 5.58 Å². The van der Waals surface area contributed by atoms with Crippen molar-refractivity contribution < 1.29 is 28.3 Å². The summed E-state index contributed by atoms with van der Waals surface area (Å²) in [6, 6.07) is 25.9. The second kappa shape index (κ2) is 20.2. The lowest BCUT2D eigenvalue weighted by molar-refractivity contribution is -0.137. The van der Waals surface area contributed by atoms with E-state index in [1.54, 1.807) is 24.3 Å². The molecule has 0 saturated carbocycles. The van der Waals surface area contributed by atoms with Crippen LogP contribution in [0.25, 0.3) is 11.1 Å². The summed E-state index contributed by atoms with van der Waals surface area (Å²) >= 11 is 0. The van der Waals surface area contributed by atoms with Crippen LogP contribution in [-0.2, 0) is 27.4 Å². The average molecular weight is 644 g/mol. The van der Waals surface area contributed by atoms with Crippen molar-refractivity contribution in [3.63, 3.8) is 0 Å². The van der Waals surface area contributed by atoms with Crippen LogP contribution in [0.1, 0.15) is 61.3 Å². The van der Waals surface area contributed by atoms with Crippen molar-refractivity contribution in [3.8, 4) is 0 Å². The Morgan fingerprint density at radius 2 is 1.55 bits per heavy atom. The number of benzene rings is 3. The van der Waals surface area contributed by atoms with Crippen LogP contribution < -0.4 is 16.4 Å². The molecule has 1 unspecified atom stereocenters. The molecule has 0 spiro atoms. The maximum absolute atomic E-state index is 12.6. The topological polar surface area (TPSA) is 157 Å². The molecular weight excluding hydrogens is 598 g/mol. The van der Waals surface area contributed by atoms with Gasteiger partial charge in [-0.3, -0.25) is 14.4 Å². The molecule has 3 amide bonds. The Labute approximate surface area is 275 Å². The van der Waals surface area contributed by atoms with E-state index in [4.69, 9.17) is 14.9 Å². The molecule has 0 aliphatic carbocycles. The Morgan fingerprint density at radius 3 is 2.15 bits per heavy atom. The van der Waals surface area contributed by atoms with E-state index in [1.165, 1.54) is 23.3 Å². The number of alkyl carbamates (subject to hydrolysis) is 1. The summed E-state index contributed by atoms with van der Waals surface area (Å²) < 4.78 is 10.5. The average Bonchev–Trinajstić information content (AvgIpc) is 3.79. The highest BCUT2D eigenvalue weighted by molar-refractivity contribution is 5.98. The van der Waals surface area contributed by atoms with Gasteiger partial charge in [0.1, 0.15) is 24.7 Å². The molecule has 1 aromatic heterocycles. The lowest BCUT2D eigenvalue weighted by Gasteiger charge is -2.23. The summed E-state index contributed by atoms with van der Waals surface area (Å²) in [6.45, 7) is 5.02. The molecule has 3 aromatic carbocycles. The molecule has 5 rings (SSSR count). The van der Waals surface area contributed by atoms with Crippen molar-refractivity contribution in [1.29, 1.82) is 0 Å². The van der Waals surface area contributed by atoms with Gasteiger partial charge in [0.25, 0.3) is 5.89 Å². The maximum Gasteiger partial charge on any atom is 0.407 e. The number of para-hydroxylation sites is 2. The van der Waals surface area contributed by atoms with Gasteiger partial charge in [-0.1, -0.05) is 93.1 Å². The molecule has 4 N–H and O–H groups in total. The van der Waals surface area contributed by atoms with Crippen molar-refractivity contribution in [2.45, 2.75) is 58.6 Å². The smallest absolute Gasteiger partial charge is 0.407 e. The fraction of sp³-hybridized carbons (Fsp3) is 0.361. The lowest BCUT2D eigenvalue weighted by Crippen LogP contribution is -2.49. The van der Waals surface area contributed by atoms with Crippen LogP contribution in [0.15, 0.2) is 89.3 Å². The van der Waals surface area contributed by atoms with Crippen molar-refractivity contribution in [3.05, 3.63) is 102 Å². The molecule has 1 aliphatic rings. The third kappa shape index (κ3) is 12.4. The maximum atomic E-state index is 12.6. The minimum absolute atomic E-state index is 0.0842. The van der Waals surface area contributed by atoms with Crippen molar-refractivity contribution in [1.82, 2.24) is 20.5 Å². The predicted octanol–water partition coefficient (Wildman–Crippen LogP) is 5.04. The van der Waals surface area contributed by atoms with E-state index in [1.807, 2.05) is 36.4 Å². The quantitative estimate of drug-likeness (QED) is 0.192. The van der Waals surface area contributed by atoms with Crippen molar-refractivity contribution in [2.75, 3.05) is 26.2 Å². The number of hydrogen-bond acceptors (Lipinski definition) is 8. The Balaban J connectivity index is 0.000000385. The number of rotatable bonds is 11. The van der Waals surface area contributed by atoms with E-state index in [0.29, 0.717) is 30.5 Å². The number of nitrogens with zero attached hydrogens (tertiary/aromatic N) is 2. The summed E-state index contributed by atoms with van der Waals surface area (Å²) in [4.78, 5) is 55.0. The van der Waals surface area contributed by atoms with E-state index < -0.39 is 29.7 Å². The zero-order valence-electron chi connectivity index (χ0n) is 27.2. The minimum Gasteiger partial charge on any atom is -0.445 e. The molecule has 250 valence electrons. The zero-order chi connectivity index (χ0) is 33.9. The van der Waals surface area contributed by atoms with Gasteiger partial charge in [-0.25, -0.2) is 9.78 Å². The first-order chi connectivity index (χ1) is 22.9. The predicted molar refractivity (Wildman–Crippen MR) is 180 cm³/mol. The zero-order valence-corrected chi connectivity index (χ0v) is 27.2. The number of amides is 3. The van der Waals surface area contributed by atoms with Crippen LogP contribution in [0.2, 0.25) is 0 Å². The first-order valence-electron chi connectivity index (χ1n) is 16.0. The first-order valence-corrected chi connectivity index (χ1v) is 16.0. The van der Waals surface area contributed by atoms with E-state index in [2.05, 4.69) is 53.7 Å². The summed E-state index contributed by atoms with van der Waals surface area (Å²) in [5, 5.41) is 4.98. The molecule has 1 saturated heterocycles. The largest absolute Gasteiger partial charge is 0.445 e. The fourth-order valence-electron chi connectivity index (χ4n) is 4.63. The number of aromatic nitrogens is 1. The van der Waals surface area contributed by atoms with Crippen LogP contribution in [0.4, 0.5) is 4.79 Å². The number of carbonyl (C=O) groups excluding carboxylic acids is 4. The Kier molecular flexibility index (Phi) is 15.6. The normalized spacial score (nSPS) is 13.4. The van der Waals surface area contributed by atoms with E-state index in [0.717, 1.165) is 18.5 Å². The Morgan fingerprint density at radius 1 is 0.894 bits per heavy atom. The van der Waals surface area contributed by atoms with Gasteiger partial charge in [0.05, 0.1) is 6.54 Å². The number of Topliss-reactive ketones (excluding diaryl/α,β-unsaturated/α-hetero) is 1. The molecule has 0 radical (unpaired) electrons. The molecule has 47 heavy (non-hydrogen) atoms. The molecule has 4 aromatic rings.